The molecule has 0 saturated carbocycles. The van der Waals surface area contributed by atoms with E-state index < -0.39 is 0 Å². The molecule has 3 nitrogen and oxygen atoms in total. The van der Waals surface area contributed by atoms with E-state index in [2.05, 4.69) is 44.3 Å². The standard InChI is InChI=1S/C19H17BrN2O/c20-17-7-3-6-16(12-17)19-22-21-18(23-19)11-13-8-9-14-4-1-2-5-15(14)10-13/h3,6-10,12H,1-2,4-5,11H2. The maximum Gasteiger partial charge on any atom is 0.247 e. The van der Waals surface area contributed by atoms with E-state index in [9.17, 15) is 0 Å². The third-order valence-corrected chi connectivity index (χ3v) is 4.80. The van der Waals surface area contributed by atoms with Crippen molar-refractivity contribution in [3.05, 3.63) is 69.5 Å². The highest BCUT2D eigenvalue weighted by Gasteiger charge is 2.12. The molecule has 4 heteroatoms. The molecule has 0 spiro atoms. The summed E-state index contributed by atoms with van der Waals surface area (Å²) in [6.45, 7) is 0. The van der Waals surface area contributed by atoms with E-state index in [1.807, 2.05) is 24.3 Å². The highest BCUT2D eigenvalue weighted by molar-refractivity contribution is 9.10. The average molecular weight is 369 g/mol. The Kier molecular flexibility index (Phi) is 4.00. The van der Waals surface area contributed by atoms with Crippen LogP contribution in [0, 0.1) is 0 Å². The van der Waals surface area contributed by atoms with Gasteiger partial charge in [0.2, 0.25) is 11.8 Å². The van der Waals surface area contributed by atoms with Gasteiger partial charge >= 0.3 is 0 Å². The molecule has 0 atom stereocenters. The molecular weight excluding hydrogens is 352 g/mol. The summed E-state index contributed by atoms with van der Waals surface area (Å²) in [5.74, 6) is 1.23. The van der Waals surface area contributed by atoms with Crippen molar-refractivity contribution < 1.29 is 4.42 Å². The number of fused-ring (bicyclic) bond motifs is 1. The van der Waals surface area contributed by atoms with Gasteiger partial charge in [-0.15, -0.1) is 10.2 Å². The average Bonchev–Trinajstić information content (AvgIpc) is 3.03. The molecule has 0 amide bonds. The van der Waals surface area contributed by atoms with Crippen LogP contribution in [0.1, 0.15) is 35.4 Å². The third-order valence-electron chi connectivity index (χ3n) is 4.31. The van der Waals surface area contributed by atoms with Gasteiger partial charge in [-0.2, -0.15) is 0 Å². The van der Waals surface area contributed by atoms with Crippen LogP contribution in [0.25, 0.3) is 11.5 Å². The highest BCUT2D eigenvalue weighted by Crippen LogP contribution is 2.25. The van der Waals surface area contributed by atoms with Crippen molar-refractivity contribution in [3.8, 4) is 11.5 Å². The number of rotatable bonds is 3. The molecule has 1 heterocycles. The Hall–Kier alpha value is -1.94. The van der Waals surface area contributed by atoms with E-state index >= 15 is 0 Å². The van der Waals surface area contributed by atoms with Crippen molar-refractivity contribution in [2.24, 2.45) is 0 Å². The van der Waals surface area contributed by atoms with Crippen LogP contribution >= 0.6 is 15.9 Å². The highest BCUT2D eigenvalue weighted by atomic mass is 79.9. The maximum absolute atomic E-state index is 5.83. The molecule has 4 rings (SSSR count). The maximum atomic E-state index is 5.83. The number of aryl methyl sites for hydroxylation is 2. The van der Waals surface area contributed by atoms with E-state index in [0.717, 1.165) is 10.0 Å². The second kappa shape index (κ2) is 6.28. The summed E-state index contributed by atoms with van der Waals surface area (Å²) in [6, 6.07) is 14.7. The summed E-state index contributed by atoms with van der Waals surface area (Å²) >= 11 is 3.47. The lowest BCUT2D eigenvalue weighted by Gasteiger charge is -2.16. The quantitative estimate of drug-likeness (QED) is 0.654. The van der Waals surface area contributed by atoms with Crippen molar-refractivity contribution in [1.82, 2.24) is 10.2 Å². The van der Waals surface area contributed by atoms with Crippen LogP contribution in [-0.2, 0) is 19.3 Å². The molecule has 3 aromatic rings. The zero-order valence-corrected chi connectivity index (χ0v) is 14.3. The Bertz CT molecular complexity index is 841. The van der Waals surface area contributed by atoms with Crippen LogP contribution in [-0.4, -0.2) is 10.2 Å². The predicted molar refractivity (Wildman–Crippen MR) is 93.3 cm³/mol. The molecule has 23 heavy (non-hydrogen) atoms. The monoisotopic (exact) mass is 368 g/mol. The summed E-state index contributed by atoms with van der Waals surface area (Å²) < 4.78 is 6.83. The van der Waals surface area contributed by atoms with Crippen molar-refractivity contribution in [3.63, 3.8) is 0 Å². The van der Waals surface area contributed by atoms with Crippen LogP contribution in [0.2, 0.25) is 0 Å². The SMILES string of the molecule is Brc1cccc(-c2nnc(Cc3ccc4c(c3)CCCC4)o2)c1. The minimum atomic E-state index is 0.569. The molecule has 0 saturated heterocycles. The number of hydrogen-bond donors (Lipinski definition) is 0. The fourth-order valence-corrected chi connectivity index (χ4v) is 3.53. The number of aromatic nitrogens is 2. The smallest absolute Gasteiger partial charge is 0.247 e. The Labute approximate surface area is 143 Å². The van der Waals surface area contributed by atoms with Gasteiger partial charge in [0, 0.05) is 10.0 Å². The Morgan fingerprint density at radius 2 is 1.83 bits per heavy atom. The molecule has 0 N–H and O–H groups in total. The summed E-state index contributed by atoms with van der Waals surface area (Å²) in [7, 11) is 0. The minimum Gasteiger partial charge on any atom is -0.420 e. The first-order valence-electron chi connectivity index (χ1n) is 7.97. The summed E-state index contributed by atoms with van der Waals surface area (Å²) in [5.41, 5.74) is 5.17. The molecule has 0 radical (unpaired) electrons. The van der Waals surface area contributed by atoms with Crippen LogP contribution in [0.5, 0.6) is 0 Å². The number of hydrogen-bond acceptors (Lipinski definition) is 3. The zero-order valence-electron chi connectivity index (χ0n) is 12.8. The van der Waals surface area contributed by atoms with Crippen LogP contribution in [0.3, 0.4) is 0 Å². The number of halogens is 1. The van der Waals surface area contributed by atoms with E-state index in [0.29, 0.717) is 18.2 Å². The Balaban J connectivity index is 1.56. The largest absolute Gasteiger partial charge is 0.420 e. The summed E-state index contributed by atoms with van der Waals surface area (Å²) in [4.78, 5) is 0. The van der Waals surface area contributed by atoms with Gasteiger partial charge in [0.15, 0.2) is 0 Å². The van der Waals surface area contributed by atoms with Crippen molar-refractivity contribution >= 4 is 15.9 Å². The second-order valence-electron chi connectivity index (χ2n) is 6.00. The van der Waals surface area contributed by atoms with Gasteiger partial charge in [0.25, 0.3) is 0 Å². The molecule has 0 aliphatic heterocycles. The van der Waals surface area contributed by atoms with Crippen LogP contribution in [0.4, 0.5) is 0 Å². The first-order chi connectivity index (χ1) is 11.3. The summed E-state index contributed by atoms with van der Waals surface area (Å²) in [5, 5.41) is 8.37. The van der Waals surface area contributed by atoms with Crippen molar-refractivity contribution in [2.75, 3.05) is 0 Å². The Morgan fingerprint density at radius 1 is 0.957 bits per heavy atom. The van der Waals surface area contributed by atoms with Gasteiger partial charge in [0.05, 0.1) is 6.42 Å². The normalized spacial score (nSPS) is 13.8. The summed E-state index contributed by atoms with van der Waals surface area (Å²) in [6.07, 6.45) is 5.70. The number of benzene rings is 2. The van der Waals surface area contributed by atoms with Crippen LogP contribution < -0.4 is 0 Å². The lowest BCUT2D eigenvalue weighted by atomic mass is 9.90. The second-order valence-corrected chi connectivity index (χ2v) is 6.91. The van der Waals surface area contributed by atoms with Crippen molar-refractivity contribution in [2.45, 2.75) is 32.1 Å². The molecule has 1 aromatic heterocycles. The molecule has 1 aliphatic rings. The molecular formula is C19H17BrN2O. The van der Waals surface area contributed by atoms with Gasteiger partial charge in [-0.3, -0.25) is 0 Å². The van der Waals surface area contributed by atoms with Gasteiger partial charge in [-0.1, -0.05) is 40.2 Å². The van der Waals surface area contributed by atoms with Crippen LogP contribution in [0.15, 0.2) is 51.4 Å². The first-order valence-corrected chi connectivity index (χ1v) is 8.76. The van der Waals surface area contributed by atoms with Gasteiger partial charge < -0.3 is 4.42 Å². The zero-order chi connectivity index (χ0) is 15.6. The van der Waals surface area contributed by atoms with Gasteiger partial charge in [0.1, 0.15) is 0 Å². The first kappa shape index (κ1) is 14.6. The fourth-order valence-electron chi connectivity index (χ4n) is 3.13. The molecule has 116 valence electrons. The molecule has 0 fully saturated rings. The predicted octanol–water partition coefficient (Wildman–Crippen LogP) is 4.97. The molecule has 0 bridgehead atoms. The topological polar surface area (TPSA) is 38.9 Å². The lowest BCUT2D eigenvalue weighted by molar-refractivity contribution is 0.518. The lowest BCUT2D eigenvalue weighted by Crippen LogP contribution is -2.03. The van der Waals surface area contributed by atoms with E-state index in [-0.39, 0.29) is 0 Å². The third kappa shape index (κ3) is 3.22. The van der Waals surface area contributed by atoms with Gasteiger partial charge in [-0.25, -0.2) is 0 Å². The van der Waals surface area contributed by atoms with Gasteiger partial charge in [-0.05, 0) is 60.6 Å². The fraction of sp³-hybridized carbons (Fsp3) is 0.263. The number of nitrogens with zero attached hydrogens (tertiary/aromatic N) is 2. The van der Waals surface area contributed by atoms with E-state index in [1.165, 1.54) is 42.4 Å². The van der Waals surface area contributed by atoms with E-state index in [4.69, 9.17) is 4.42 Å². The Morgan fingerprint density at radius 3 is 2.70 bits per heavy atom. The molecule has 0 unspecified atom stereocenters. The molecule has 1 aliphatic carbocycles. The minimum absolute atomic E-state index is 0.569. The van der Waals surface area contributed by atoms with Crippen molar-refractivity contribution in [1.29, 1.82) is 0 Å². The molecule has 2 aromatic carbocycles. The van der Waals surface area contributed by atoms with E-state index in [1.54, 1.807) is 0 Å².